The Morgan fingerprint density at radius 1 is 0.714 bits per heavy atom. The average Bonchev–Trinajstić information content (AvgIpc) is 2.21. The van der Waals surface area contributed by atoms with Crippen LogP contribution in [0.4, 0.5) is 0 Å². The first-order valence-corrected chi connectivity index (χ1v) is 5.14. The van der Waals surface area contributed by atoms with E-state index in [0.29, 0.717) is 46.2 Å². The summed E-state index contributed by atoms with van der Waals surface area (Å²) in [6.45, 7) is 3.62. The van der Waals surface area contributed by atoms with E-state index in [1.54, 1.807) is 0 Å². The molecule has 0 aliphatic rings. The largest absolute Gasteiger partial charge is 0.394 e. The van der Waals surface area contributed by atoms with Gasteiger partial charge in [-0.05, 0) is 0 Å². The van der Waals surface area contributed by atoms with E-state index in [0.717, 1.165) is 0 Å². The van der Waals surface area contributed by atoms with Gasteiger partial charge in [-0.15, -0.1) is 0 Å². The lowest BCUT2D eigenvalue weighted by molar-refractivity contribution is 0.00476. The zero-order chi connectivity index (χ0) is 10.5. The number of rotatable bonds is 11. The third-order valence-electron chi connectivity index (χ3n) is 1.28. The molecule has 0 atom stereocenters. The minimum atomic E-state index is 0.0512. The van der Waals surface area contributed by atoms with Gasteiger partial charge in [0.1, 0.15) is 0 Å². The van der Waals surface area contributed by atoms with Crippen LogP contribution in [-0.4, -0.2) is 58.0 Å². The smallest absolute Gasteiger partial charge is 0.0988 e. The molecule has 0 rings (SSSR count). The minimum Gasteiger partial charge on any atom is -0.394 e. The van der Waals surface area contributed by atoms with Crippen LogP contribution >= 0.6 is 16.3 Å². The zero-order valence-electron chi connectivity index (χ0n) is 8.12. The standard InChI is InChI=1S/C8H17BrO5/c9-14-8-7-13-6-5-12-4-3-11-2-1-10/h10H,1-8H2. The van der Waals surface area contributed by atoms with Crippen molar-refractivity contribution in [1.29, 1.82) is 0 Å². The summed E-state index contributed by atoms with van der Waals surface area (Å²) in [5.41, 5.74) is 0. The van der Waals surface area contributed by atoms with Crippen LogP contribution in [0.3, 0.4) is 0 Å². The van der Waals surface area contributed by atoms with E-state index < -0.39 is 0 Å². The van der Waals surface area contributed by atoms with Crippen molar-refractivity contribution in [2.24, 2.45) is 0 Å². The van der Waals surface area contributed by atoms with Gasteiger partial charge in [0, 0.05) is 0 Å². The number of halogens is 1. The fourth-order valence-electron chi connectivity index (χ4n) is 0.697. The van der Waals surface area contributed by atoms with Crippen molar-refractivity contribution < 1.29 is 23.1 Å². The van der Waals surface area contributed by atoms with Gasteiger partial charge in [0.15, 0.2) is 0 Å². The van der Waals surface area contributed by atoms with Gasteiger partial charge in [-0.2, -0.15) is 0 Å². The lowest BCUT2D eigenvalue weighted by atomic mass is 10.7. The Kier molecular flexibility index (Phi) is 13.5. The molecule has 0 saturated carbocycles. The molecule has 0 aliphatic heterocycles. The van der Waals surface area contributed by atoms with Crippen molar-refractivity contribution in [3.63, 3.8) is 0 Å². The summed E-state index contributed by atoms with van der Waals surface area (Å²) < 4.78 is 19.9. The van der Waals surface area contributed by atoms with E-state index in [2.05, 4.69) is 20.1 Å². The summed E-state index contributed by atoms with van der Waals surface area (Å²) >= 11 is 2.82. The molecular formula is C8H17BrO5. The van der Waals surface area contributed by atoms with Crippen molar-refractivity contribution >= 4 is 16.3 Å². The third-order valence-corrected chi connectivity index (χ3v) is 1.61. The Balaban J connectivity index is 2.78. The monoisotopic (exact) mass is 272 g/mol. The molecule has 0 saturated heterocycles. The highest BCUT2D eigenvalue weighted by Gasteiger charge is 1.90. The molecular weight excluding hydrogens is 256 g/mol. The third kappa shape index (κ3) is 12.3. The predicted molar refractivity (Wildman–Crippen MR) is 54.4 cm³/mol. The molecule has 0 aromatic heterocycles. The fraction of sp³-hybridized carbons (Fsp3) is 1.00. The quantitative estimate of drug-likeness (QED) is 0.551. The van der Waals surface area contributed by atoms with Crippen LogP contribution < -0.4 is 0 Å². The van der Waals surface area contributed by atoms with Crippen molar-refractivity contribution in [1.82, 2.24) is 0 Å². The van der Waals surface area contributed by atoms with E-state index >= 15 is 0 Å². The molecule has 0 radical (unpaired) electrons. The lowest BCUT2D eigenvalue weighted by Gasteiger charge is -2.05. The summed E-state index contributed by atoms with van der Waals surface area (Å²) in [5.74, 6) is 0. The summed E-state index contributed by atoms with van der Waals surface area (Å²) in [7, 11) is 0. The second-order valence-corrected chi connectivity index (χ2v) is 2.83. The molecule has 1 N–H and O–H groups in total. The first-order chi connectivity index (χ1) is 6.91. The van der Waals surface area contributed by atoms with Gasteiger partial charge < -0.3 is 23.1 Å². The molecule has 6 heteroatoms. The molecule has 0 amide bonds. The zero-order valence-corrected chi connectivity index (χ0v) is 9.70. The summed E-state index contributed by atoms with van der Waals surface area (Å²) in [4.78, 5) is 0. The SMILES string of the molecule is OCCOCCOCCOCCOBr. The van der Waals surface area contributed by atoms with E-state index in [9.17, 15) is 0 Å². The van der Waals surface area contributed by atoms with Crippen LogP contribution in [0.15, 0.2) is 0 Å². The highest BCUT2D eigenvalue weighted by Crippen LogP contribution is 1.85. The normalized spacial score (nSPS) is 10.7. The van der Waals surface area contributed by atoms with Crippen LogP contribution in [0.5, 0.6) is 0 Å². The first-order valence-electron chi connectivity index (χ1n) is 4.49. The van der Waals surface area contributed by atoms with Crippen LogP contribution in [0.25, 0.3) is 0 Å². The predicted octanol–water partition coefficient (Wildman–Crippen LogP) is 0.355. The number of aliphatic hydroxyl groups is 1. The Morgan fingerprint density at radius 3 is 1.57 bits per heavy atom. The number of hydrogen-bond acceptors (Lipinski definition) is 5. The molecule has 0 spiro atoms. The first kappa shape index (κ1) is 14.3. The van der Waals surface area contributed by atoms with Gasteiger partial charge in [-0.1, -0.05) is 0 Å². The maximum absolute atomic E-state index is 8.39. The van der Waals surface area contributed by atoms with Gasteiger partial charge in [0.05, 0.1) is 69.1 Å². The van der Waals surface area contributed by atoms with Crippen LogP contribution in [0, 0.1) is 0 Å². The molecule has 0 aromatic rings. The second kappa shape index (κ2) is 13.3. The highest BCUT2D eigenvalue weighted by molar-refractivity contribution is 9.06. The summed E-state index contributed by atoms with van der Waals surface area (Å²) in [6, 6.07) is 0. The van der Waals surface area contributed by atoms with Crippen LogP contribution in [0.1, 0.15) is 0 Å². The van der Waals surface area contributed by atoms with Crippen molar-refractivity contribution in [2.45, 2.75) is 0 Å². The van der Waals surface area contributed by atoms with Crippen molar-refractivity contribution in [3.05, 3.63) is 0 Å². The molecule has 0 aliphatic carbocycles. The number of ether oxygens (including phenoxy) is 3. The molecule has 0 aromatic carbocycles. The van der Waals surface area contributed by atoms with Crippen LogP contribution in [-0.2, 0) is 18.0 Å². The topological polar surface area (TPSA) is 57.2 Å². The van der Waals surface area contributed by atoms with Crippen molar-refractivity contribution in [3.8, 4) is 0 Å². The molecule has 0 bridgehead atoms. The Morgan fingerprint density at radius 2 is 1.14 bits per heavy atom. The lowest BCUT2D eigenvalue weighted by Crippen LogP contribution is -2.11. The maximum atomic E-state index is 8.39. The van der Waals surface area contributed by atoms with E-state index in [1.807, 2.05) is 0 Å². The Bertz CT molecular complexity index is 91.7. The minimum absolute atomic E-state index is 0.0512. The van der Waals surface area contributed by atoms with E-state index in [1.165, 1.54) is 0 Å². The fourth-order valence-corrected chi connectivity index (χ4v) is 0.829. The molecule has 14 heavy (non-hydrogen) atoms. The molecule has 0 heterocycles. The second-order valence-electron chi connectivity index (χ2n) is 2.37. The van der Waals surface area contributed by atoms with Gasteiger partial charge in [-0.25, -0.2) is 0 Å². The highest BCUT2D eigenvalue weighted by atomic mass is 79.9. The number of aliphatic hydroxyl groups excluding tert-OH is 1. The maximum Gasteiger partial charge on any atom is 0.0988 e. The Labute approximate surface area is 92.7 Å². The van der Waals surface area contributed by atoms with Gasteiger partial charge in [-0.3, -0.25) is 0 Å². The molecule has 0 unspecified atom stereocenters. The Hall–Kier alpha value is 0.280. The molecule has 5 nitrogen and oxygen atoms in total. The average molecular weight is 273 g/mol. The molecule has 86 valence electrons. The summed E-state index contributed by atoms with van der Waals surface area (Å²) in [5, 5.41) is 8.39. The van der Waals surface area contributed by atoms with Crippen molar-refractivity contribution in [2.75, 3.05) is 52.9 Å². The summed E-state index contributed by atoms with van der Waals surface area (Å²) in [6.07, 6.45) is 0. The van der Waals surface area contributed by atoms with E-state index in [4.69, 9.17) is 19.3 Å². The van der Waals surface area contributed by atoms with Crippen LogP contribution in [0.2, 0.25) is 0 Å². The number of hydrogen-bond donors (Lipinski definition) is 1. The van der Waals surface area contributed by atoms with E-state index in [-0.39, 0.29) is 6.61 Å². The van der Waals surface area contributed by atoms with Gasteiger partial charge in [0.25, 0.3) is 0 Å². The van der Waals surface area contributed by atoms with Gasteiger partial charge >= 0.3 is 0 Å². The molecule has 0 fully saturated rings. The van der Waals surface area contributed by atoms with Gasteiger partial charge in [0.2, 0.25) is 0 Å².